The quantitative estimate of drug-likeness (QED) is 0.239. The van der Waals surface area contributed by atoms with Gasteiger partial charge in [-0.05, 0) is 54.6 Å². The van der Waals surface area contributed by atoms with Gasteiger partial charge in [0.05, 0.1) is 51.8 Å². The van der Waals surface area contributed by atoms with E-state index in [0.29, 0.717) is 0 Å². The maximum Gasteiger partial charge on any atom is 0.0991 e. The predicted molar refractivity (Wildman–Crippen MR) is 165 cm³/mol. The molecule has 198 valence electrons. The lowest BCUT2D eigenvalue weighted by atomic mass is 10.1. The van der Waals surface area contributed by atoms with Crippen molar-refractivity contribution in [1.29, 1.82) is 0 Å². The molecule has 0 N–H and O–H groups in total. The third kappa shape index (κ3) is 3.29. The molecule has 9 aromatic rings. The number of para-hydroxylation sites is 1. The van der Waals surface area contributed by atoms with Gasteiger partial charge in [-0.15, -0.1) is 0 Å². The Kier molecular flexibility index (Phi) is 4.74. The highest BCUT2D eigenvalue weighted by molar-refractivity contribution is 6.18. The Hall–Kier alpha value is -6.02. The summed E-state index contributed by atoms with van der Waals surface area (Å²) in [6.45, 7) is 0. The van der Waals surface area contributed by atoms with Crippen LogP contribution >= 0.6 is 0 Å². The van der Waals surface area contributed by atoms with Crippen LogP contribution in [0.25, 0.3) is 66.4 Å². The van der Waals surface area contributed by atoms with Crippen LogP contribution in [-0.4, -0.2) is 38.2 Å². The number of benzene rings is 3. The van der Waals surface area contributed by atoms with Crippen molar-refractivity contribution in [3.63, 3.8) is 0 Å². The minimum atomic E-state index is 1.00. The first kappa shape index (κ1) is 22.8. The second-order valence-corrected chi connectivity index (χ2v) is 10.3. The van der Waals surface area contributed by atoms with E-state index in [9.17, 15) is 0 Å². The maximum atomic E-state index is 4.53. The first-order valence-corrected chi connectivity index (χ1v) is 13.7. The van der Waals surface area contributed by atoms with Crippen LogP contribution in [0.2, 0.25) is 0 Å². The Bertz CT molecular complexity index is 2340. The standard InChI is InChI=1S/C34H22N8/c1-2-4-23(5-3-1)41-31-6-8-35-19-29(31)27-17-28-30-20-36-9-7-32(30)42(34(28)18-33(27)41)26-15-24(39-12-10-37-21-39)14-25(16-26)40-13-11-38-22-40/h1-22H. The topological polar surface area (TPSA) is 71.3 Å². The number of hydrogen-bond donors (Lipinski definition) is 0. The Morgan fingerprint density at radius 2 is 0.952 bits per heavy atom. The van der Waals surface area contributed by atoms with Gasteiger partial charge in [-0.25, -0.2) is 9.97 Å². The molecule has 3 aromatic carbocycles. The average molecular weight is 543 g/mol. The predicted octanol–water partition coefficient (Wildman–Crippen LogP) is 7.04. The first-order valence-electron chi connectivity index (χ1n) is 13.7. The van der Waals surface area contributed by atoms with Crippen LogP contribution in [0.3, 0.4) is 0 Å². The van der Waals surface area contributed by atoms with E-state index in [-0.39, 0.29) is 0 Å². The van der Waals surface area contributed by atoms with Crippen molar-refractivity contribution >= 4 is 43.6 Å². The van der Waals surface area contributed by atoms with Gasteiger partial charge < -0.3 is 18.3 Å². The summed E-state index contributed by atoms with van der Waals surface area (Å²) in [4.78, 5) is 17.6. The molecular formula is C34H22N8. The normalized spacial score (nSPS) is 11.8. The minimum Gasteiger partial charge on any atom is -0.309 e. The molecule has 0 saturated heterocycles. The molecule has 0 aliphatic carbocycles. The van der Waals surface area contributed by atoms with Crippen LogP contribution in [0.4, 0.5) is 0 Å². The summed E-state index contributed by atoms with van der Waals surface area (Å²) >= 11 is 0. The van der Waals surface area contributed by atoms with Crippen LogP contribution in [0.15, 0.2) is 135 Å². The molecule has 0 radical (unpaired) electrons. The lowest BCUT2D eigenvalue weighted by molar-refractivity contribution is 1.01. The monoisotopic (exact) mass is 542 g/mol. The second kappa shape index (κ2) is 8.74. The van der Waals surface area contributed by atoms with E-state index in [0.717, 1.165) is 66.4 Å². The maximum absolute atomic E-state index is 4.53. The second-order valence-electron chi connectivity index (χ2n) is 10.3. The summed E-state index contributed by atoms with van der Waals surface area (Å²) in [6.07, 6.45) is 18.8. The molecule has 0 aliphatic heterocycles. The molecule has 6 aromatic heterocycles. The largest absolute Gasteiger partial charge is 0.309 e. The summed E-state index contributed by atoms with van der Waals surface area (Å²) in [7, 11) is 0. The van der Waals surface area contributed by atoms with Crippen molar-refractivity contribution in [3.8, 4) is 22.7 Å². The van der Waals surface area contributed by atoms with E-state index in [1.165, 1.54) is 0 Å². The molecule has 0 bridgehead atoms. The number of hydrogen-bond acceptors (Lipinski definition) is 4. The molecular weight excluding hydrogens is 520 g/mol. The number of rotatable bonds is 4. The summed E-state index contributed by atoms with van der Waals surface area (Å²) < 4.78 is 8.71. The number of nitrogens with zero attached hydrogens (tertiary/aromatic N) is 8. The fourth-order valence-electron chi connectivity index (χ4n) is 6.18. The van der Waals surface area contributed by atoms with E-state index in [1.807, 2.05) is 65.0 Å². The van der Waals surface area contributed by atoms with Crippen molar-refractivity contribution < 1.29 is 0 Å². The molecule has 0 saturated carbocycles. The molecule has 0 unspecified atom stereocenters. The van der Waals surface area contributed by atoms with Gasteiger partial charge in [0.25, 0.3) is 0 Å². The van der Waals surface area contributed by atoms with Crippen LogP contribution in [0.5, 0.6) is 0 Å². The zero-order valence-electron chi connectivity index (χ0n) is 22.3. The smallest absolute Gasteiger partial charge is 0.0991 e. The molecule has 8 heteroatoms. The summed E-state index contributed by atoms with van der Waals surface area (Å²) in [5.41, 5.74) is 8.56. The highest BCUT2D eigenvalue weighted by Crippen LogP contribution is 2.39. The molecule has 0 fully saturated rings. The molecule has 6 heterocycles. The van der Waals surface area contributed by atoms with E-state index in [2.05, 4.69) is 95.8 Å². The highest BCUT2D eigenvalue weighted by Gasteiger charge is 2.19. The van der Waals surface area contributed by atoms with E-state index in [4.69, 9.17) is 0 Å². The van der Waals surface area contributed by atoms with Gasteiger partial charge in [0.2, 0.25) is 0 Å². The summed E-state index contributed by atoms with van der Waals surface area (Å²) in [5, 5.41) is 4.51. The number of fused-ring (bicyclic) bond motifs is 6. The van der Waals surface area contributed by atoms with Gasteiger partial charge >= 0.3 is 0 Å². The Morgan fingerprint density at radius 1 is 0.405 bits per heavy atom. The average Bonchev–Trinajstić information content (AvgIpc) is 3.86. The van der Waals surface area contributed by atoms with Gasteiger partial charge in [0.15, 0.2) is 0 Å². The molecule has 0 amide bonds. The third-order valence-electron chi connectivity index (χ3n) is 8.02. The molecule has 42 heavy (non-hydrogen) atoms. The van der Waals surface area contributed by atoms with Gasteiger partial charge in [0.1, 0.15) is 0 Å². The Labute approximate surface area is 239 Å². The number of pyridine rings is 2. The lowest BCUT2D eigenvalue weighted by Crippen LogP contribution is -2.01. The molecule has 0 atom stereocenters. The van der Waals surface area contributed by atoms with E-state index in [1.54, 1.807) is 12.4 Å². The zero-order chi connectivity index (χ0) is 27.6. The van der Waals surface area contributed by atoms with Crippen molar-refractivity contribution in [1.82, 2.24) is 38.2 Å². The van der Waals surface area contributed by atoms with E-state index < -0.39 is 0 Å². The van der Waals surface area contributed by atoms with Crippen LogP contribution in [-0.2, 0) is 0 Å². The fourth-order valence-corrected chi connectivity index (χ4v) is 6.18. The van der Waals surface area contributed by atoms with Crippen molar-refractivity contribution in [2.75, 3.05) is 0 Å². The summed E-state index contributed by atoms with van der Waals surface area (Å²) in [5.74, 6) is 0. The third-order valence-corrected chi connectivity index (χ3v) is 8.02. The van der Waals surface area contributed by atoms with Gasteiger partial charge in [0, 0.05) is 76.8 Å². The Balaban J connectivity index is 1.42. The molecule has 8 nitrogen and oxygen atoms in total. The van der Waals surface area contributed by atoms with Gasteiger partial charge in [-0.3, -0.25) is 9.97 Å². The van der Waals surface area contributed by atoms with Crippen molar-refractivity contribution in [3.05, 3.63) is 135 Å². The highest BCUT2D eigenvalue weighted by atomic mass is 15.1. The molecule has 9 rings (SSSR count). The fraction of sp³-hybridized carbons (Fsp3) is 0. The molecule has 0 spiro atoms. The van der Waals surface area contributed by atoms with Gasteiger partial charge in [-0.2, -0.15) is 0 Å². The lowest BCUT2D eigenvalue weighted by Gasteiger charge is -2.14. The zero-order valence-corrected chi connectivity index (χ0v) is 22.3. The van der Waals surface area contributed by atoms with Crippen molar-refractivity contribution in [2.45, 2.75) is 0 Å². The van der Waals surface area contributed by atoms with Crippen LogP contribution < -0.4 is 0 Å². The number of imidazole rings is 2. The summed E-state index contributed by atoms with van der Waals surface area (Å²) in [6, 6.07) is 25.8. The van der Waals surface area contributed by atoms with Gasteiger partial charge in [-0.1, -0.05) is 18.2 Å². The SMILES string of the molecule is c1ccc(-n2c3ccncc3c3cc4c5cnccc5n(-c5cc(-n6ccnc6)cc(-n6ccnc6)c5)c4cc32)cc1. The van der Waals surface area contributed by atoms with Crippen LogP contribution in [0.1, 0.15) is 0 Å². The molecule has 0 aliphatic rings. The van der Waals surface area contributed by atoms with E-state index >= 15 is 0 Å². The van der Waals surface area contributed by atoms with Crippen LogP contribution in [0, 0.1) is 0 Å². The first-order chi connectivity index (χ1) is 20.8. The number of aromatic nitrogens is 8. The minimum absolute atomic E-state index is 1.00. The Morgan fingerprint density at radius 3 is 1.50 bits per heavy atom. The van der Waals surface area contributed by atoms with Crippen molar-refractivity contribution in [2.24, 2.45) is 0 Å².